The summed E-state index contributed by atoms with van der Waals surface area (Å²) in [7, 11) is -3.56. The lowest BCUT2D eigenvalue weighted by molar-refractivity contribution is 0.594. The van der Waals surface area contributed by atoms with E-state index in [1.807, 2.05) is 0 Å². The number of nitrogens with two attached hydrogens (primary N) is 1. The van der Waals surface area contributed by atoms with E-state index in [0.717, 1.165) is 6.07 Å². The summed E-state index contributed by atoms with van der Waals surface area (Å²) in [6.07, 6.45) is 0. The standard InChI is InChI=1S/C14H13ClFNO2S/c1-9-13(17)3-2-4-14(9)20(18,19)8-10-5-6-12(16)11(15)7-10/h2-7H,8,17H2,1H3. The minimum absolute atomic E-state index is 0.0954. The Hall–Kier alpha value is -1.59. The first-order valence-electron chi connectivity index (χ1n) is 5.83. The predicted octanol–water partition coefficient (Wildman–Crippen LogP) is 3.34. The summed E-state index contributed by atoms with van der Waals surface area (Å²) < 4.78 is 37.8. The molecule has 2 aromatic carbocycles. The SMILES string of the molecule is Cc1c(N)cccc1S(=O)(=O)Cc1ccc(F)c(Cl)c1. The van der Waals surface area contributed by atoms with Crippen LogP contribution in [0.1, 0.15) is 11.1 Å². The topological polar surface area (TPSA) is 60.2 Å². The third-order valence-electron chi connectivity index (χ3n) is 3.00. The molecule has 0 aliphatic heterocycles. The van der Waals surface area contributed by atoms with E-state index in [1.165, 1.54) is 18.2 Å². The van der Waals surface area contributed by atoms with E-state index in [2.05, 4.69) is 0 Å². The number of benzene rings is 2. The maximum absolute atomic E-state index is 13.1. The lowest BCUT2D eigenvalue weighted by atomic mass is 10.2. The molecule has 0 radical (unpaired) electrons. The number of hydrogen-bond donors (Lipinski definition) is 1. The molecule has 0 unspecified atom stereocenters. The van der Waals surface area contributed by atoms with Crippen molar-refractivity contribution < 1.29 is 12.8 Å². The number of sulfone groups is 1. The fourth-order valence-corrected chi connectivity index (χ4v) is 3.74. The monoisotopic (exact) mass is 313 g/mol. The van der Waals surface area contributed by atoms with E-state index in [1.54, 1.807) is 19.1 Å². The molecule has 0 spiro atoms. The molecule has 0 fully saturated rings. The van der Waals surface area contributed by atoms with E-state index in [4.69, 9.17) is 17.3 Å². The highest BCUT2D eigenvalue weighted by atomic mass is 35.5. The van der Waals surface area contributed by atoms with Gasteiger partial charge in [-0.05, 0) is 42.3 Å². The lowest BCUT2D eigenvalue weighted by Crippen LogP contribution is -2.08. The molecule has 0 aliphatic rings. The molecule has 0 heterocycles. The van der Waals surface area contributed by atoms with Crippen molar-refractivity contribution in [1.82, 2.24) is 0 Å². The normalized spacial score (nSPS) is 11.6. The van der Waals surface area contributed by atoms with Crippen molar-refractivity contribution in [3.63, 3.8) is 0 Å². The largest absolute Gasteiger partial charge is 0.398 e. The van der Waals surface area contributed by atoms with Crippen LogP contribution >= 0.6 is 11.6 Å². The second kappa shape index (κ2) is 5.42. The van der Waals surface area contributed by atoms with Gasteiger partial charge in [-0.3, -0.25) is 0 Å². The van der Waals surface area contributed by atoms with Gasteiger partial charge in [0, 0.05) is 5.69 Å². The van der Waals surface area contributed by atoms with Crippen molar-refractivity contribution in [1.29, 1.82) is 0 Å². The smallest absolute Gasteiger partial charge is 0.182 e. The summed E-state index contributed by atoms with van der Waals surface area (Å²) in [5.74, 6) is -0.829. The van der Waals surface area contributed by atoms with Gasteiger partial charge in [0.1, 0.15) is 5.82 Å². The van der Waals surface area contributed by atoms with Crippen molar-refractivity contribution in [3.05, 3.63) is 58.4 Å². The molecule has 0 saturated heterocycles. The van der Waals surface area contributed by atoms with Gasteiger partial charge in [0.15, 0.2) is 9.84 Å². The number of halogens is 2. The van der Waals surface area contributed by atoms with Gasteiger partial charge in [-0.1, -0.05) is 23.7 Å². The molecular weight excluding hydrogens is 301 g/mol. The molecule has 0 saturated carbocycles. The Morgan fingerprint density at radius 3 is 2.60 bits per heavy atom. The van der Waals surface area contributed by atoms with Crippen LogP contribution in [0, 0.1) is 12.7 Å². The van der Waals surface area contributed by atoms with Crippen molar-refractivity contribution in [3.8, 4) is 0 Å². The molecule has 20 heavy (non-hydrogen) atoms. The predicted molar refractivity (Wildman–Crippen MR) is 77.9 cm³/mol. The Balaban J connectivity index is 2.41. The zero-order chi connectivity index (χ0) is 14.9. The average Bonchev–Trinajstić information content (AvgIpc) is 2.36. The van der Waals surface area contributed by atoms with Crippen LogP contribution in [0.15, 0.2) is 41.3 Å². The van der Waals surface area contributed by atoms with E-state index in [0.29, 0.717) is 16.8 Å². The van der Waals surface area contributed by atoms with Gasteiger partial charge < -0.3 is 5.73 Å². The van der Waals surface area contributed by atoms with Gasteiger partial charge in [0.25, 0.3) is 0 Å². The number of hydrogen-bond acceptors (Lipinski definition) is 3. The molecule has 0 amide bonds. The highest BCUT2D eigenvalue weighted by Gasteiger charge is 2.19. The summed E-state index contributed by atoms with van der Waals surface area (Å²) >= 11 is 5.66. The van der Waals surface area contributed by atoms with E-state index < -0.39 is 15.7 Å². The summed E-state index contributed by atoms with van der Waals surface area (Å²) in [5.41, 5.74) is 7.08. The summed E-state index contributed by atoms with van der Waals surface area (Å²) in [5, 5.41) is -0.0954. The number of rotatable bonds is 3. The zero-order valence-electron chi connectivity index (χ0n) is 10.7. The summed E-state index contributed by atoms with van der Waals surface area (Å²) in [6.45, 7) is 1.65. The minimum atomic E-state index is -3.56. The van der Waals surface area contributed by atoms with E-state index in [9.17, 15) is 12.8 Å². The van der Waals surface area contributed by atoms with Crippen molar-refractivity contribution in [2.75, 3.05) is 5.73 Å². The molecule has 2 N–H and O–H groups in total. The molecule has 3 nitrogen and oxygen atoms in total. The third-order valence-corrected chi connectivity index (χ3v) is 5.12. The van der Waals surface area contributed by atoms with E-state index in [-0.39, 0.29) is 15.7 Å². The van der Waals surface area contributed by atoms with Gasteiger partial charge >= 0.3 is 0 Å². The Labute approximate surface area is 122 Å². The molecule has 2 rings (SSSR count). The number of nitrogen functional groups attached to an aromatic ring is 1. The Bertz CT molecular complexity index is 760. The molecule has 0 aliphatic carbocycles. The zero-order valence-corrected chi connectivity index (χ0v) is 12.3. The van der Waals surface area contributed by atoms with Crippen LogP contribution in [0.4, 0.5) is 10.1 Å². The van der Waals surface area contributed by atoms with E-state index >= 15 is 0 Å². The van der Waals surface area contributed by atoms with Crippen LogP contribution in [0.2, 0.25) is 5.02 Å². The first-order chi connectivity index (χ1) is 9.31. The maximum atomic E-state index is 13.1. The molecular formula is C14H13ClFNO2S. The second-order valence-electron chi connectivity index (χ2n) is 4.48. The second-order valence-corrected chi connectivity index (χ2v) is 6.84. The van der Waals surface area contributed by atoms with Gasteiger partial charge in [-0.15, -0.1) is 0 Å². The molecule has 0 atom stereocenters. The van der Waals surface area contributed by atoms with Crippen LogP contribution in [0.25, 0.3) is 0 Å². The fraction of sp³-hybridized carbons (Fsp3) is 0.143. The van der Waals surface area contributed by atoms with Crippen LogP contribution in [-0.4, -0.2) is 8.42 Å². The Morgan fingerprint density at radius 2 is 1.95 bits per heavy atom. The molecule has 106 valence electrons. The quantitative estimate of drug-likeness (QED) is 0.884. The Morgan fingerprint density at radius 1 is 1.25 bits per heavy atom. The molecule has 0 aromatic heterocycles. The lowest BCUT2D eigenvalue weighted by Gasteiger charge is -2.10. The number of anilines is 1. The molecule has 6 heteroatoms. The average molecular weight is 314 g/mol. The third kappa shape index (κ3) is 2.94. The van der Waals surface area contributed by atoms with Crippen LogP contribution in [0.3, 0.4) is 0 Å². The highest BCUT2D eigenvalue weighted by Crippen LogP contribution is 2.25. The fourth-order valence-electron chi connectivity index (χ4n) is 1.89. The molecule has 0 bridgehead atoms. The van der Waals surface area contributed by atoms with Gasteiger partial charge in [0.05, 0.1) is 15.7 Å². The van der Waals surface area contributed by atoms with Crippen molar-refractivity contribution in [2.24, 2.45) is 0 Å². The Kier molecular flexibility index (Phi) is 4.01. The summed E-state index contributed by atoms with van der Waals surface area (Å²) in [4.78, 5) is 0.179. The first-order valence-corrected chi connectivity index (χ1v) is 7.86. The molecule has 2 aromatic rings. The van der Waals surface area contributed by atoms with Crippen LogP contribution < -0.4 is 5.73 Å². The highest BCUT2D eigenvalue weighted by molar-refractivity contribution is 7.90. The van der Waals surface area contributed by atoms with Crippen molar-refractivity contribution >= 4 is 27.1 Å². The van der Waals surface area contributed by atoms with Crippen LogP contribution in [-0.2, 0) is 15.6 Å². The van der Waals surface area contributed by atoms with Crippen LogP contribution in [0.5, 0.6) is 0 Å². The minimum Gasteiger partial charge on any atom is -0.398 e. The maximum Gasteiger partial charge on any atom is 0.182 e. The van der Waals surface area contributed by atoms with Crippen molar-refractivity contribution in [2.45, 2.75) is 17.6 Å². The van der Waals surface area contributed by atoms with Gasteiger partial charge in [-0.2, -0.15) is 0 Å². The van der Waals surface area contributed by atoms with Gasteiger partial charge in [-0.25, -0.2) is 12.8 Å². The van der Waals surface area contributed by atoms with Gasteiger partial charge in [0.2, 0.25) is 0 Å². The first kappa shape index (κ1) is 14.8. The summed E-state index contributed by atoms with van der Waals surface area (Å²) in [6, 6.07) is 8.61.